The van der Waals surface area contributed by atoms with E-state index in [1.807, 2.05) is 30.3 Å². The second-order valence-corrected chi connectivity index (χ2v) is 6.43. The van der Waals surface area contributed by atoms with E-state index in [0.717, 1.165) is 39.2 Å². The lowest BCUT2D eigenvalue weighted by Crippen LogP contribution is -1.93. The van der Waals surface area contributed by atoms with Gasteiger partial charge in [0.1, 0.15) is 12.4 Å². The Morgan fingerprint density at radius 3 is 2.71 bits per heavy atom. The van der Waals surface area contributed by atoms with E-state index in [2.05, 4.69) is 6.07 Å². The summed E-state index contributed by atoms with van der Waals surface area (Å²) in [6.45, 7) is 0.347. The zero-order chi connectivity index (χ0) is 16.3. The third kappa shape index (κ3) is 1.96. The largest absolute Gasteiger partial charge is 0.493 e. The molecule has 0 spiro atoms. The van der Waals surface area contributed by atoms with Crippen molar-refractivity contribution in [1.82, 2.24) is 0 Å². The molecule has 0 bridgehead atoms. The van der Waals surface area contributed by atoms with Gasteiger partial charge in [-0.3, -0.25) is 0 Å². The normalized spacial score (nSPS) is 16.3. The molecule has 24 heavy (non-hydrogen) atoms. The SMILES string of the molecule is COc1ccc(-c2ccc3c(c2)COC3=O)c2cc(C3CC3)oc12. The van der Waals surface area contributed by atoms with E-state index in [0.29, 0.717) is 18.1 Å². The highest BCUT2D eigenvalue weighted by Crippen LogP contribution is 2.45. The van der Waals surface area contributed by atoms with Gasteiger partial charge in [-0.05, 0) is 54.3 Å². The average Bonchev–Trinajstić information content (AvgIpc) is 3.26. The Balaban J connectivity index is 1.70. The summed E-state index contributed by atoms with van der Waals surface area (Å²) < 4.78 is 16.6. The second-order valence-electron chi connectivity index (χ2n) is 6.43. The number of hydrogen-bond acceptors (Lipinski definition) is 4. The van der Waals surface area contributed by atoms with Gasteiger partial charge in [-0.2, -0.15) is 0 Å². The number of esters is 1. The molecule has 0 atom stereocenters. The van der Waals surface area contributed by atoms with E-state index < -0.39 is 0 Å². The fourth-order valence-corrected chi connectivity index (χ4v) is 3.40. The molecule has 5 rings (SSSR count). The van der Waals surface area contributed by atoms with Gasteiger partial charge >= 0.3 is 5.97 Å². The molecule has 120 valence electrons. The van der Waals surface area contributed by atoms with E-state index in [-0.39, 0.29) is 5.97 Å². The molecular weight excluding hydrogens is 304 g/mol. The number of carbonyl (C=O) groups is 1. The van der Waals surface area contributed by atoms with Crippen LogP contribution in [0.1, 0.15) is 40.4 Å². The van der Waals surface area contributed by atoms with Crippen LogP contribution in [0.4, 0.5) is 0 Å². The maximum absolute atomic E-state index is 11.6. The molecule has 1 saturated carbocycles. The summed E-state index contributed by atoms with van der Waals surface area (Å²) in [5.74, 6) is 2.09. The second kappa shape index (κ2) is 4.87. The van der Waals surface area contributed by atoms with Crippen LogP contribution in [0, 0.1) is 0 Å². The number of ether oxygens (including phenoxy) is 2. The minimum absolute atomic E-state index is 0.240. The molecule has 0 N–H and O–H groups in total. The Bertz CT molecular complexity index is 979. The van der Waals surface area contributed by atoms with Crippen LogP contribution in [0.3, 0.4) is 0 Å². The zero-order valence-electron chi connectivity index (χ0n) is 13.3. The molecule has 2 heterocycles. The van der Waals surface area contributed by atoms with Crippen LogP contribution in [-0.2, 0) is 11.3 Å². The van der Waals surface area contributed by atoms with E-state index in [4.69, 9.17) is 13.9 Å². The maximum Gasteiger partial charge on any atom is 0.338 e. The Morgan fingerprint density at radius 2 is 1.92 bits per heavy atom. The molecule has 0 unspecified atom stereocenters. The minimum Gasteiger partial charge on any atom is -0.493 e. The topological polar surface area (TPSA) is 48.7 Å². The molecule has 2 aliphatic rings. The maximum atomic E-state index is 11.6. The fourth-order valence-electron chi connectivity index (χ4n) is 3.40. The molecular formula is C20H16O4. The molecule has 4 nitrogen and oxygen atoms in total. The van der Waals surface area contributed by atoms with Gasteiger partial charge in [0.15, 0.2) is 11.3 Å². The molecule has 1 aromatic heterocycles. The monoisotopic (exact) mass is 320 g/mol. The van der Waals surface area contributed by atoms with E-state index in [9.17, 15) is 4.79 Å². The molecule has 4 heteroatoms. The first kappa shape index (κ1) is 13.7. The molecule has 1 fully saturated rings. The van der Waals surface area contributed by atoms with Gasteiger partial charge in [0.05, 0.1) is 12.7 Å². The number of fused-ring (bicyclic) bond motifs is 2. The summed E-state index contributed by atoms with van der Waals surface area (Å²) in [5.41, 5.74) is 4.54. The Morgan fingerprint density at radius 1 is 1.08 bits per heavy atom. The molecule has 3 aromatic rings. The fraction of sp³-hybridized carbons (Fsp3) is 0.250. The predicted molar refractivity (Wildman–Crippen MR) is 89.3 cm³/mol. The van der Waals surface area contributed by atoms with Crippen molar-refractivity contribution in [2.75, 3.05) is 7.11 Å². The van der Waals surface area contributed by atoms with E-state index in [1.54, 1.807) is 7.11 Å². The van der Waals surface area contributed by atoms with Crippen molar-refractivity contribution >= 4 is 16.9 Å². The van der Waals surface area contributed by atoms with Gasteiger partial charge in [-0.15, -0.1) is 0 Å². The predicted octanol–water partition coefficient (Wildman–Crippen LogP) is 4.66. The van der Waals surface area contributed by atoms with Gasteiger partial charge in [0.2, 0.25) is 0 Å². The Kier molecular flexibility index (Phi) is 2.77. The van der Waals surface area contributed by atoms with Crippen molar-refractivity contribution in [3.05, 3.63) is 53.3 Å². The third-order valence-corrected chi connectivity index (χ3v) is 4.86. The number of furan rings is 1. The summed E-state index contributed by atoms with van der Waals surface area (Å²) >= 11 is 0. The van der Waals surface area contributed by atoms with Crippen LogP contribution in [-0.4, -0.2) is 13.1 Å². The zero-order valence-corrected chi connectivity index (χ0v) is 13.3. The Labute approximate surface area is 139 Å². The van der Waals surface area contributed by atoms with Crippen LogP contribution >= 0.6 is 0 Å². The standard InChI is InChI=1S/C20H16O4/c1-22-17-7-6-14(16-9-18(11-2-3-11)24-19(16)17)12-4-5-15-13(8-12)10-23-20(15)21/h4-9,11H,2-3,10H2,1H3. The first-order valence-electron chi connectivity index (χ1n) is 8.15. The molecule has 1 aliphatic heterocycles. The summed E-state index contributed by atoms with van der Waals surface area (Å²) in [4.78, 5) is 11.6. The lowest BCUT2D eigenvalue weighted by atomic mass is 9.97. The van der Waals surface area contributed by atoms with Crippen molar-refractivity contribution in [1.29, 1.82) is 0 Å². The van der Waals surface area contributed by atoms with Crippen LogP contribution in [0.25, 0.3) is 22.1 Å². The van der Waals surface area contributed by atoms with Crippen molar-refractivity contribution in [3.8, 4) is 16.9 Å². The van der Waals surface area contributed by atoms with Gasteiger partial charge in [-0.25, -0.2) is 4.79 Å². The minimum atomic E-state index is -0.240. The van der Waals surface area contributed by atoms with Crippen molar-refractivity contribution < 1.29 is 18.7 Å². The summed E-state index contributed by atoms with van der Waals surface area (Å²) in [7, 11) is 1.66. The smallest absolute Gasteiger partial charge is 0.338 e. The van der Waals surface area contributed by atoms with Crippen LogP contribution in [0.15, 0.2) is 40.8 Å². The number of hydrogen-bond donors (Lipinski definition) is 0. The summed E-state index contributed by atoms with van der Waals surface area (Å²) in [5, 5.41) is 1.06. The third-order valence-electron chi connectivity index (χ3n) is 4.86. The Hall–Kier alpha value is -2.75. The average molecular weight is 320 g/mol. The first-order valence-corrected chi connectivity index (χ1v) is 8.15. The highest BCUT2D eigenvalue weighted by molar-refractivity contribution is 5.99. The van der Waals surface area contributed by atoms with Gasteiger partial charge in [0, 0.05) is 16.9 Å². The van der Waals surface area contributed by atoms with Crippen LogP contribution in [0.2, 0.25) is 0 Å². The molecule has 0 saturated heterocycles. The molecule has 0 radical (unpaired) electrons. The highest BCUT2D eigenvalue weighted by Gasteiger charge is 2.29. The van der Waals surface area contributed by atoms with Gasteiger partial charge < -0.3 is 13.9 Å². The van der Waals surface area contributed by atoms with E-state index >= 15 is 0 Å². The van der Waals surface area contributed by atoms with Crippen LogP contribution in [0.5, 0.6) is 5.75 Å². The van der Waals surface area contributed by atoms with Crippen LogP contribution < -0.4 is 4.74 Å². The molecule has 0 amide bonds. The number of methoxy groups -OCH3 is 1. The summed E-state index contributed by atoms with van der Waals surface area (Å²) in [6.07, 6.45) is 2.38. The highest BCUT2D eigenvalue weighted by atomic mass is 16.5. The van der Waals surface area contributed by atoms with Crippen molar-refractivity contribution in [2.45, 2.75) is 25.4 Å². The number of carbonyl (C=O) groups excluding carboxylic acids is 1. The summed E-state index contributed by atoms with van der Waals surface area (Å²) in [6, 6.07) is 12.0. The number of cyclic esters (lactones) is 1. The van der Waals surface area contributed by atoms with Gasteiger partial charge in [0.25, 0.3) is 0 Å². The van der Waals surface area contributed by atoms with Crippen molar-refractivity contribution in [3.63, 3.8) is 0 Å². The van der Waals surface area contributed by atoms with Gasteiger partial charge in [-0.1, -0.05) is 6.07 Å². The quantitative estimate of drug-likeness (QED) is 0.659. The van der Waals surface area contributed by atoms with E-state index in [1.165, 1.54) is 12.8 Å². The first-order chi connectivity index (χ1) is 11.7. The number of rotatable bonds is 3. The number of benzene rings is 2. The lowest BCUT2D eigenvalue weighted by Gasteiger charge is -2.07. The molecule has 1 aliphatic carbocycles. The van der Waals surface area contributed by atoms with Crippen molar-refractivity contribution in [2.24, 2.45) is 0 Å². The molecule has 2 aromatic carbocycles. The lowest BCUT2D eigenvalue weighted by molar-refractivity contribution is 0.0535.